The van der Waals surface area contributed by atoms with Crippen LogP contribution >= 0.6 is 0 Å². The van der Waals surface area contributed by atoms with Crippen molar-refractivity contribution in [3.8, 4) is 101 Å². The lowest BCUT2D eigenvalue weighted by atomic mass is 9.99. The lowest BCUT2D eigenvalue weighted by Gasteiger charge is -2.11. The second kappa shape index (κ2) is 29.5. The molecule has 26 aromatic rings. The van der Waals surface area contributed by atoms with Crippen LogP contribution < -0.4 is 0 Å². The van der Waals surface area contributed by atoms with Gasteiger partial charge in [0.2, 0.25) is 0 Å². The van der Waals surface area contributed by atoms with Crippen molar-refractivity contribution in [2.24, 2.45) is 0 Å². The fourth-order valence-electron chi connectivity index (χ4n) is 20.4. The summed E-state index contributed by atoms with van der Waals surface area (Å²) in [6, 6.07) is 173. The van der Waals surface area contributed by atoms with Gasteiger partial charge in [-0.15, -0.1) is 0 Å². The van der Waals surface area contributed by atoms with Gasteiger partial charge in [-0.25, -0.2) is 0 Å². The molecule has 588 valence electrons. The van der Waals surface area contributed by atoms with Gasteiger partial charge in [-0.1, -0.05) is 309 Å². The van der Waals surface area contributed by atoms with E-state index in [2.05, 4.69) is 501 Å². The summed E-state index contributed by atoms with van der Waals surface area (Å²) >= 11 is 0. The molecule has 0 unspecified atom stereocenters. The molecule has 0 aliphatic carbocycles. The monoisotopic (exact) mass is 1600 g/mol. The summed E-state index contributed by atoms with van der Waals surface area (Å²) in [4.78, 5) is 0. The van der Waals surface area contributed by atoms with Crippen LogP contribution in [-0.4, -0.2) is 27.4 Å². The standard InChI is InChI=1S/2C60H39N3/c1-4-16-40(17-5-1)42-20-14-24-47(36-42)61-54-28-12-11-27-50(54)52-38-44(30-33-56(52)61)45-31-34-57-53(39-45)59-58(62(57)48-25-15-21-43(37-48)41-18-6-2-7-19-41)35-32-51-49-26-10-13-29-55(49)63(60(51)59)46-22-8-3-9-23-46;1-4-16-40(17-5-1)42-20-14-24-47(36-42)62-53-28-12-10-26-49(53)51-38-44(30-32-55(51)62)45-31-33-56-52(39-45)60-58(63(56)48-25-15-21-43(37-48)41-18-6-2-7-19-41)35-34-57-59(60)50-27-11-13-29-54(50)61(57)46-22-8-3-9-23-46/h2*1-39H. The first-order chi connectivity index (χ1) is 62.5. The Labute approximate surface area is 727 Å². The van der Waals surface area contributed by atoms with Gasteiger partial charge in [0.15, 0.2) is 0 Å². The molecular weight excluding hydrogens is 1530 g/mol. The summed E-state index contributed by atoms with van der Waals surface area (Å²) in [6.07, 6.45) is 0. The largest absolute Gasteiger partial charge is 0.309 e. The Kier molecular flexibility index (Phi) is 16.9. The molecule has 0 saturated heterocycles. The van der Waals surface area contributed by atoms with Gasteiger partial charge in [0.25, 0.3) is 0 Å². The van der Waals surface area contributed by atoms with Crippen molar-refractivity contribution in [1.82, 2.24) is 27.4 Å². The van der Waals surface area contributed by atoms with Crippen LogP contribution in [0.4, 0.5) is 0 Å². The third-order valence-electron chi connectivity index (χ3n) is 26.0. The van der Waals surface area contributed by atoms with E-state index in [0.29, 0.717) is 0 Å². The minimum atomic E-state index is 1.14. The molecule has 126 heavy (non-hydrogen) atoms. The third kappa shape index (κ3) is 11.7. The van der Waals surface area contributed by atoms with E-state index in [0.717, 1.165) is 34.1 Å². The van der Waals surface area contributed by atoms with Crippen LogP contribution in [0.3, 0.4) is 0 Å². The smallest absolute Gasteiger partial charge is 0.0641 e. The SMILES string of the molecule is c1ccc(-c2cccc(-n3c4ccccc4c4cc(-c5ccc6c(c5)c5c(ccc7c8ccccc8n(-c8ccccc8)c75)n6-c5cccc(-c6ccccc6)c5)ccc43)c2)cc1.c1ccc(-c2cccc(-n3c4ccccc4c4cc(-c5ccc6c(c5)c5c7c8ccccc8n(-c8ccccc8)c7ccc5n6-c5cccc(-c6ccccc6)c5)ccc43)c2)cc1. The van der Waals surface area contributed by atoms with Crippen LogP contribution in [0.15, 0.2) is 473 Å². The van der Waals surface area contributed by atoms with Gasteiger partial charge >= 0.3 is 0 Å². The fourth-order valence-corrected chi connectivity index (χ4v) is 20.4. The molecule has 6 heterocycles. The number of benzene rings is 20. The molecule has 0 spiro atoms. The molecule has 6 aromatic heterocycles. The molecule has 0 aliphatic rings. The summed E-state index contributed by atoms with van der Waals surface area (Å²) in [6.45, 7) is 0. The zero-order valence-corrected chi connectivity index (χ0v) is 68.7. The zero-order valence-electron chi connectivity index (χ0n) is 68.7. The molecule has 0 bridgehead atoms. The van der Waals surface area contributed by atoms with Crippen molar-refractivity contribution in [1.29, 1.82) is 0 Å². The Morgan fingerprint density at radius 3 is 0.714 bits per heavy atom. The van der Waals surface area contributed by atoms with Crippen molar-refractivity contribution < 1.29 is 0 Å². The van der Waals surface area contributed by atoms with Gasteiger partial charge < -0.3 is 27.4 Å². The number of hydrogen-bond donors (Lipinski definition) is 0. The highest BCUT2D eigenvalue weighted by molar-refractivity contribution is 6.30. The summed E-state index contributed by atoms with van der Waals surface area (Å²) < 4.78 is 14.7. The first-order valence-electron chi connectivity index (χ1n) is 43.4. The molecular formula is C120H78N6. The van der Waals surface area contributed by atoms with Crippen LogP contribution in [0.5, 0.6) is 0 Å². The first-order valence-corrected chi connectivity index (χ1v) is 43.4. The van der Waals surface area contributed by atoms with Gasteiger partial charge in [-0.05, 0) is 231 Å². The number of hydrogen-bond acceptors (Lipinski definition) is 0. The molecule has 26 rings (SSSR count). The second-order valence-corrected chi connectivity index (χ2v) is 33.1. The quantitative estimate of drug-likeness (QED) is 0.117. The second-order valence-electron chi connectivity index (χ2n) is 33.1. The average molecular weight is 1600 g/mol. The maximum Gasteiger partial charge on any atom is 0.0641 e. The van der Waals surface area contributed by atoms with Crippen LogP contribution in [0.1, 0.15) is 0 Å². The molecule has 0 fully saturated rings. The van der Waals surface area contributed by atoms with E-state index >= 15 is 0 Å². The predicted molar refractivity (Wildman–Crippen MR) is 532 cm³/mol. The van der Waals surface area contributed by atoms with Crippen molar-refractivity contribution in [2.75, 3.05) is 0 Å². The topological polar surface area (TPSA) is 29.6 Å². The number of nitrogens with zero attached hydrogens (tertiary/aromatic N) is 6. The molecule has 0 radical (unpaired) electrons. The number of para-hydroxylation sites is 6. The van der Waals surface area contributed by atoms with Gasteiger partial charge in [0.1, 0.15) is 0 Å². The summed E-state index contributed by atoms with van der Waals surface area (Å²) in [5.41, 5.74) is 35.6. The first kappa shape index (κ1) is 72.1. The Morgan fingerprint density at radius 1 is 0.103 bits per heavy atom. The van der Waals surface area contributed by atoms with Crippen LogP contribution in [-0.2, 0) is 0 Å². The molecule has 0 atom stereocenters. The third-order valence-corrected chi connectivity index (χ3v) is 26.0. The Morgan fingerprint density at radius 2 is 0.325 bits per heavy atom. The van der Waals surface area contributed by atoms with Crippen molar-refractivity contribution >= 4 is 131 Å². The van der Waals surface area contributed by atoms with Gasteiger partial charge in [-0.2, -0.15) is 0 Å². The van der Waals surface area contributed by atoms with Crippen molar-refractivity contribution in [2.45, 2.75) is 0 Å². The molecule has 0 N–H and O–H groups in total. The normalized spacial score (nSPS) is 11.8. The lowest BCUT2D eigenvalue weighted by Crippen LogP contribution is -1.95. The Bertz CT molecular complexity index is 8800. The van der Waals surface area contributed by atoms with Crippen LogP contribution in [0, 0.1) is 0 Å². The van der Waals surface area contributed by atoms with Crippen molar-refractivity contribution in [3.05, 3.63) is 473 Å². The fraction of sp³-hybridized carbons (Fsp3) is 0. The number of aromatic nitrogens is 6. The number of rotatable bonds is 12. The Hall–Kier alpha value is -16.8. The zero-order chi connectivity index (χ0) is 82.9. The lowest BCUT2D eigenvalue weighted by molar-refractivity contribution is 1.17. The van der Waals surface area contributed by atoms with E-state index in [-0.39, 0.29) is 0 Å². The average Bonchev–Trinajstić information content (AvgIpc) is 1.54. The molecule has 0 saturated carbocycles. The highest BCUT2D eigenvalue weighted by Crippen LogP contribution is 2.48. The minimum Gasteiger partial charge on any atom is -0.309 e. The van der Waals surface area contributed by atoms with Crippen LogP contribution in [0.2, 0.25) is 0 Å². The van der Waals surface area contributed by atoms with E-state index in [4.69, 9.17) is 0 Å². The van der Waals surface area contributed by atoms with Gasteiger partial charge in [-0.3, -0.25) is 0 Å². The van der Waals surface area contributed by atoms with Crippen molar-refractivity contribution in [3.63, 3.8) is 0 Å². The molecule has 20 aromatic carbocycles. The van der Waals surface area contributed by atoms with E-state index < -0.39 is 0 Å². The van der Waals surface area contributed by atoms with E-state index in [9.17, 15) is 0 Å². The molecule has 6 nitrogen and oxygen atoms in total. The Balaban J connectivity index is 0.000000137. The maximum absolute atomic E-state index is 2.47. The van der Waals surface area contributed by atoms with E-state index in [1.807, 2.05) is 0 Å². The minimum absolute atomic E-state index is 1.14. The summed E-state index contributed by atoms with van der Waals surface area (Å²) in [7, 11) is 0. The number of fused-ring (bicyclic) bond motifs is 20. The summed E-state index contributed by atoms with van der Waals surface area (Å²) in [5, 5.41) is 14.9. The maximum atomic E-state index is 2.47. The predicted octanol–water partition coefficient (Wildman–Crippen LogP) is 32.0. The summed E-state index contributed by atoms with van der Waals surface area (Å²) in [5.74, 6) is 0. The molecule has 0 aliphatic heterocycles. The van der Waals surface area contributed by atoms with E-state index in [1.165, 1.54) is 198 Å². The van der Waals surface area contributed by atoms with E-state index in [1.54, 1.807) is 0 Å². The van der Waals surface area contributed by atoms with Gasteiger partial charge in [0.05, 0.1) is 66.2 Å². The van der Waals surface area contributed by atoms with Gasteiger partial charge in [0, 0.05) is 98.8 Å². The highest BCUT2D eigenvalue weighted by atomic mass is 15.0. The molecule has 6 heteroatoms. The highest BCUT2D eigenvalue weighted by Gasteiger charge is 2.26. The van der Waals surface area contributed by atoms with Crippen LogP contribution in [0.25, 0.3) is 232 Å². The molecule has 0 amide bonds.